The summed E-state index contributed by atoms with van der Waals surface area (Å²) in [5.41, 5.74) is 2.38. The predicted octanol–water partition coefficient (Wildman–Crippen LogP) is 3.54. The van der Waals surface area contributed by atoms with E-state index in [0.29, 0.717) is 30.0 Å². The molecule has 152 valence electrons. The highest BCUT2D eigenvalue weighted by Gasteiger charge is 2.17. The van der Waals surface area contributed by atoms with E-state index in [1.54, 1.807) is 18.3 Å². The van der Waals surface area contributed by atoms with Crippen LogP contribution in [0, 0.1) is 0 Å². The first-order valence-corrected chi connectivity index (χ1v) is 9.65. The first kappa shape index (κ1) is 19.6. The van der Waals surface area contributed by atoms with E-state index < -0.39 is 11.9 Å². The number of aromatic nitrogens is 1. The van der Waals surface area contributed by atoms with Crippen LogP contribution in [0.15, 0.2) is 66.9 Å². The number of nitrogens with zero attached hydrogens (tertiary/aromatic N) is 2. The molecular weight excluding hydrogens is 382 g/mol. The Balaban J connectivity index is 1.59. The summed E-state index contributed by atoms with van der Waals surface area (Å²) in [6, 6.07) is 17.6. The number of ether oxygens (including phenoxy) is 1. The van der Waals surface area contributed by atoms with E-state index in [9.17, 15) is 14.7 Å². The summed E-state index contributed by atoms with van der Waals surface area (Å²) >= 11 is 0. The average molecular weight is 403 g/mol. The van der Waals surface area contributed by atoms with E-state index in [4.69, 9.17) is 4.74 Å². The molecule has 30 heavy (non-hydrogen) atoms. The molecular formula is C23H21N3O4. The maximum Gasteiger partial charge on any atom is 0.335 e. The van der Waals surface area contributed by atoms with Gasteiger partial charge in [-0.3, -0.25) is 4.79 Å². The SMILES string of the molecule is O=C(O)c1ccc(-c2ccccc2)c(C(=O)Nc2ccc(N3CCOCC3)nc2)c1. The molecule has 0 unspecified atom stereocenters. The van der Waals surface area contributed by atoms with E-state index in [1.165, 1.54) is 12.1 Å². The minimum atomic E-state index is -1.08. The zero-order chi connectivity index (χ0) is 20.9. The van der Waals surface area contributed by atoms with Gasteiger partial charge in [0.25, 0.3) is 5.91 Å². The average Bonchev–Trinajstić information content (AvgIpc) is 2.80. The standard InChI is InChI=1S/C23H21N3O4/c27-22(25-18-7-9-21(24-15-18)26-10-12-30-13-11-26)20-14-17(23(28)29)6-8-19(20)16-4-2-1-3-5-16/h1-9,14-15H,10-13H2,(H,25,27)(H,28,29). The van der Waals surface area contributed by atoms with Crippen LogP contribution in [0.1, 0.15) is 20.7 Å². The number of benzene rings is 2. The van der Waals surface area contributed by atoms with E-state index in [2.05, 4.69) is 15.2 Å². The second-order valence-electron chi connectivity index (χ2n) is 6.89. The van der Waals surface area contributed by atoms with Gasteiger partial charge in [-0.2, -0.15) is 0 Å². The molecule has 1 aliphatic heterocycles. The number of nitrogens with one attached hydrogen (secondary N) is 1. The van der Waals surface area contributed by atoms with E-state index >= 15 is 0 Å². The lowest BCUT2D eigenvalue weighted by Crippen LogP contribution is -2.36. The molecule has 1 aliphatic rings. The lowest BCUT2D eigenvalue weighted by molar-refractivity contribution is 0.0697. The van der Waals surface area contributed by atoms with Crippen LogP contribution in [0.2, 0.25) is 0 Å². The number of amides is 1. The van der Waals surface area contributed by atoms with Gasteiger partial charge in [-0.05, 0) is 35.4 Å². The molecule has 1 aromatic heterocycles. The fourth-order valence-corrected chi connectivity index (χ4v) is 3.37. The maximum absolute atomic E-state index is 13.0. The van der Waals surface area contributed by atoms with Gasteiger partial charge in [0.1, 0.15) is 5.82 Å². The molecule has 1 amide bonds. The predicted molar refractivity (Wildman–Crippen MR) is 114 cm³/mol. The molecule has 0 radical (unpaired) electrons. The molecule has 2 aromatic carbocycles. The molecule has 7 nitrogen and oxygen atoms in total. The lowest BCUT2D eigenvalue weighted by Gasteiger charge is -2.27. The van der Waals surface area contributed by atoms with Gasteiger partial charge < -0.3 is 20.1 Å². The molecule has 0 bridgehead atoms. The summed E-state index contributed by atoms with van der Waals surface area (Å²) in [4.78, 5) is 31.0. The molecule has 0 spiro atoms. The number of carboxylic acids is 1. The summed E-state index contributed by atoms with van der Waals surface area (Å²) in [7, 11) is 0. The van der Waals surface area contributed by atoms with Crippen LogP contribution in [-0.4, -0.2) is 48.3 Å². The van der Waals surface area contributed by atoms with Gasteiger partial charge in [0.2, 0.25) is 0 Å². The number of hydrogen-bond acceptors (Lipinski definition) is 5. The summed E-state index contributed by atoms with van der Waals surface area (Å²) in [5.74, 6) is -0.646. The number of carbonyl (C=O) groups excluding carboxylic acids is 1. The molecule has 0 saturated carbocycles. The minimum absolute atomic E-state index is 0.0561. The van der Waals surface area contributed by atoms with Gasteiger partial charge in [-0.15, -0.1) is 0 Å². The van der Waals surface area contributed by atoms with Crippen LogP contribution in [-0.2, 0) is 4.74 Å². The second kappa shape index (κ2) is 8.75. The first-order chi connectivity index (χ1) is 14.6. The fourth-order valence-electron chi connectivity index (χ4n) is 3.37. The number of carbonyl (C=O) groups is 2. The highest BCUT2D eigenvalue weighted by Crippen LogP contribution is 2.26. The van der Waals surface area contributed by atoms with Crippen molar-refractivity contribution in [1.29, 1.82) is 0 Å². The molecule has 0 atom stereocenters. The monoisotopic (exact) mass is 403 g/mol. The Morgan fingerprint density at radius 3 is 2.43 bits per heavy atom. The van der Waals surface area contributed by atoms with Gasteiger partial charge in [0.05, 0.1) is 30.7 Å². The van der Waals surface area contributed by atoms with Crippen molar-refractivity contribution in [1.82, 2.24) is 4.98 Å². The molecule has 1 fully saturated rings. The van der Waals surface area contributed by atoms with Crippen LogP contribution in [0.25, 0.3) is 11.1 Å². The quantitative estimate of drug-likeness (QED) is 0.677. The van der Waals surface area contributed by atoms with E-state index in [1.807, 2.05) is 36.4 Å². The van der Waals surface area contributed by atoms with Gasteiger partial charge in [-0.25, -0.2) is 9.78 Å². The normalized spacial score (nSPS) is 13.7. The third-order valence-corrected chi connectivity index (χ3v) is 4.94. The summed E-state index contributed by atoms with van der Waals surface area (Å²) in [6.45, 7) is 2.90. The first-order valence-electron chi connectivity index (χ1n) is 9.65. The Bertz CT molecular complexity index is 1050. The topological polar surface area (TPSA) is 91.8 Å². The zero-order valence-electron chi connectivity index (χ0n) is 16.2. The van der Waals surface area contributed by atoms with Crippen molar-refractivity contribution in [3.63, 3.8) is 0 Å². The Kier molecular flexibility index (Phi) is 5.72. The molecule has 3 aromatic rings. The number of aromatic carboxylic acids is 1. The number of morpholine rings is 1. The van der Waals surface area contributed by atoms with Crippen molar-refractivity contribution < 1.29 is 19.4 Å². The van der Waals surface area contributed by atoms with Gasteiger partial charge in [0, 0.05) is 18.7 Å². The number of pyridine rings is 1. The Labute approximate surface area is 173 Å². The molecule has 7 heteroatoms. The van der Waals surface area contributed by atoms with Crippen LogP contribution in [0.3, 0.4) is 0 Å². The third-order valence-electron chi connectivity index (χ3n) is 4.94. The van der Waals surface area contributed by atoms with Crippen molar-refractivity contribution >= 4 is 23.4 Å². The summed E-state index contributed by atoms with van der Waals surface area (Å²) in [5, 5.41) is 12.2. The van der Waals surface area contributed by atoms with Gasteiger partial charge in [0.15, 0.2) is 0 Å². The molecule has 1 saturated heterocycles. The van der Waals surface area contributed by atoms with Crippen LogP contribution in [0.4, 0.5) is 11.5 Å². The van der Waals surface area contributed by atoms with Crippen molar-refractivity contribution in [3.8, 4) is 11.1 Å². The number of anilines is 2. The zero-order valence-corrected chi connectivity index (χ0v) is 16.2. The second-order valence-corrected chi connectivity index (χ2v) is 6.89. The molecule has 2 heterocycles. The molecule has 4 rings (SSSR count). The number of carboxylic acid groups (broad SMARTS) is 1. The Hall–Kier alpha value is -3.71. The molecule has 0 aliphatic carbocycles. The van der Waals surface area contributed by atoms with Crippen LogP contribution < -0.4 is 10.2 Å². The van der Waals surface area contributed by atoms with E-state index in [-0.39, 0.29) is 5.56 Å². The highest BCUT2D eigenvalue weighted by molar-refractivity contribution is 6.10. The van der Waals surface area contributed by atoms with Gasteiger partial charge in [-0.1, -0.05) is 36.4 Å². The fraction of sp³-hybridized carbons (Fsp3) is 0.174. The van der Waals surface area contributed by atoms with Crippen molar-refractivity contribution in [2.24, 2.45) is 0 Å². The highest BCUT2D eigenvalue weighted by atomic mass is 16.5. The summed E-state index contributed by atoms with van der Waals surface area (Å²) in [6.07, 6.45) is 1.60. The largest absolute Gasteiger partial charge is 0.478 e. The van der Waals surface area contributed by atoms with Crippen LogP contribution >= 0.6 is 0 Å². The number of hydrogen-bond donors (Lipinski definition) is 2. The minimum Gasteiger partial charge on any atom is -0.478 e. The van der Waals surface area contributed by atoms with Crippen molar-refractivity contribution in [3.05, 3.63) is 78.0 Å². The van der Waals surface area contributed by atoms with Crippen molar-refractivity contribution in [2.75, 3.05) is 36.5 Å². The summed E-state index contributed by atoms with van der Waals surface area (Å²) < 4.78 is 5.35. The molecule has 2 N–H and O–H groups in total. The number of rotatable bonds is 5. The van der Waals surface area contributed by atoms with Gasteiger partial charge >= 0.3 is 5.97 Å². The Morgan fingerprint density at radius 2 is 1.77 bits per heavy atom. The third kappa shape index (κ3) is 4.31. The van der Waals surface area contributed by atoms with E-state index in [0.717, 1.165) is 24.5 Å². The van der Waals surface area contributed by atoms with Crippen molar-refractivity contribution in [2.45, 2.75) is 0 Å². The maximum atomic E-state index is 13.0. The lowest BCUT2D eigenvalue weighted by atomic mass is 9.97. The van der Waals surface area contributed by atoms with Crippen LogP contribution in [0.5, 0.6) is 0 Å². The Morgan fingerprint density at radius 1 is 1.00 bits per heavy atom. The smallest absolute Gasteiger partial charge is 0.335 e.